The molecule has 19 heavy (non-hydrogen) atoms. The van der Waals surface area contributed by atoms with Gasteiger partial charge < -0.3 is 0 Å². The standard InChI is InChI=1S/C14H18FN3S/c1-8-5-4-6-18(8)9(2)13-11(15)7-12-14(17-13)16-10(3)19-12/h7-9H,4-6H2,1-3H3/t8-,9+/m0/s1. The third-order valence-electron chi connectivity index (χ3n) is 3.97. The Morgan fingerprint density at radius 1 is 1.47 bits per heavy atom. The van der Waals surface area contributed by atoms with Gasteiger partial charge in [-0.05, 0) is 46.2 Å². The van der Waals surface area contributed by atoms with Crippen LogP contribution in [0.15, 0.2) is 6.07 Å². The zero-order valence-corrected chi connectivity index (χ0v) is 12.3. The molecule has 0 amide bonds. The molecule has 1 fully saturated rings. The molecule has 1 aliphatic heterocycles. The maximum absolute atomic E-state index is 14.2. The van der Waals surface area contributed by atoms with E-state index in [0.717, 1.165) is 16.3 Å². The SMILES string of the molecule is Cc1nc2nc([C@@H](C)N3CCC[C@@H]3C)c(F)cc2s1. The highest BCUT2D eigenvalue weighted by molar-refractivity contribution is 7.18. The molecule has 0 aliphatic carbocycles. The van der Waals surface area contributed by atoms with Crippen LogP contribution >= 0.6 is 11.3 Å². The Morgan fingerprint density at radius 2 is 2.26 bits per heavy atom. The van der Waals surface area contributed by atoms with Crippen molar-refractivity contribution in [3.63, 3.8) is 0 Å². The molecule has 5 heteroatoms. The van der Waals surface area contributed by atoms with Crippen LogP contribution in [0.25, 0.3) is 10.3 Å². The monoisotopic (exact) mass is 279 g/mol. The highest BCUT2D eigenvalue weighted by Crippen LogP contribution is 2.31. The van der Waals surface area contributed by atoms with E-state index in [2.05, 4.69) is 21.8 Å². The van der Waals surface area contributed by atoms with E-state index >= 15 is 0 Å². The van der Waals surface area contributed by atoms with Crippen molar-refractivity contribution in [2.24, 2.45) is 0 Å². The molecule has 3 heterocycles. The number of likely N-dealkylation sites (tertiary alicyclic amines) is 1. The normalized spacial score (nSPS) is 22.2. The van der Waals surface area contributed by atoms with E-state index in [1.165, 1.54) is 24.2 Å². The Kier molecular flexibility index (Phi) is 3.27. The summed E-state index contributed by atoms with van der Waals surface area (Å²) in [6, 6.07) is 2.10. The van der Waals surface area contributed by atoms with Crippen LogP contribution in [-0.4, -0.2) is 27.5 Å². The van der Waals surface area contributed by atoms with Crippen molar-refractivity contribution in [3.8, 4) is 0 Å². The number of pyridine rings is 1. The van der Waals surface area contributed by atoms with Gasteiger partial charge in [0.2, 0.25) is 0 Å². The van der Waals surface area contributed by atoms with Crippen LogP contribution in [-0.2, 0) is 0 Å². The molecule has 0 unspecified atom stereocenters. The summed E-state index contributed by atoms with van der Waals surface area (Å²) in [6.45, 7) is 7.19. The second-order valence-electron chi connectivity index (χ2n) is 5.32. The molecule has 3 nitrogen and oxygen atoms in total. The van der Waals surface area contributed by atoms with E-state index in [1.807, 2.05) is 13.8 Å². The molecule has 0 saturated carbocycles. The Labute approximate surface area is 116 Å². The van der Waals surface area contributed by atoms with Gasteiger partial charge in [-0.2, -0.15) is 0 Å². The highest BCUT2D eigenvalue weighted by atomic mass is 32.1. The van der Waals surface area contributed by atoms with Gasteiger partial charge >= 0.3 is 0 Å². The number of nitrogens with zero attached hydrogens (tertiary/aromatic N) is 3. The molecular weight excluding hydrogens is 261 g/mol. The predicted octanol–water partition coefficient (Wildman–Crippen LogP) is 3.68. The summed E-state index contributed by atoms with van der Waals surface area (Å²) in [6.07, 6.45) is 2.37. The first-order valence-electron chi connectivity index (χ1n) is 6.75. The van der Waals surface area contributed by atoms with Crippen LogP contribution in [0.2, 0.25) is 0 Å². The summed E-state index contributed by atoms with van der Waals surface area (Å²) in [5, 5.41) is 0.932. The average molecular weight is 279 g/mol. The van der Waals surface area contributed by atoms with E-state index in [0.29, 0.717) is 17.4 Å². The Balaban J connectivity index is 2.01. The number of halogens is 1. The molecule has 2 atom stereocenters. The van der Waals surface area contributed by atoms with E-state index < -0.39 is 0 Å². The van der Waals surface area contributed by atoms with E-state index in [4.69, 9.17) is 0 Å². The number of aryl methyl sites for hydroxylation is 1. The third-order valence-corrected chi connectivity index (χ3v) is 4.87. The summed E-state index contributed by atoms with van der Waals surface area (Å²) in [4.78, 5) is 11.2. The minimum atomic E-state index is -0.206. The van der Waals surface area contributed by atoms with Crippen molar-refractivity contribution in [1.82, 2.24) is 14.9 Å². The van der Waals surface area contributed by atoms with Gasteiger partial charge in [-0.25, -0.2) is 14.4 Å². The topological polar surface area (TPSA) is 29.0 Å². The maximum atomic E-state index is 14.2. The molecular formula is C14H18FN3S. The summed E-state index contributed by atoms with van der Waals surface area (Å²) >= 11 is 1.49. The lowest BCUT2D eigenvalue weighted by Crippen LogP contribution is -2.31. The molecule has 0 N–H and O–H groups in total. The average Bonchev–Trinajstić information content (AvgIpc) is 2.92. The third kappa shape index (κ3) is 2.25. The van der Waals surface area contributed by atoms with Gasteiger partial charge in [0.05, 0.1) is 21.4 Å². The lowest BCUT2D eigenvalue weighted by atomic mass is 10.1. The molecule has 2 aromatic heterocycles. The fourth-order valence-corrected chi connectivity index (χ4v) is 3.74. The van der Waals surface area contributed by atoms with Gasteiger partial charge in [0.25, 0.3) is 0 Å². The second-order valence-corrected chi connectivity index (χ2v) is 6.55. The summed E-state index contributed by atoms with van der Waals surface area (Å²) in [5.74, 6) is -0.206. The van der Waals surface area contributed by atoms with Gasteiger partial charge in [-0.1, -0.05) is 0 Å². The molecule has 0 bridgehead atoms. The molecule has 0 aromatic carbocycles. The number of hydrogen-bond donors (Lipinski definition) is 0. The molecule has 3 rings (SSSR count). The number of rotatable bonds is 2. The van der Waals surface area contributed by atoms with Gasteiger partial charge in [-0.15, -0.1) is 11.3 Å². The zero-order chi connectivity index (χ0) is 13.6. The second kappa shape index (κ2) is 4.80. The number of aromatic nitrogens is 2. The molecule has 0 spiro atoms. The van der Waals surface area contributed by atoms with Crippen LogP contribution < -0.4 is 0 Å². The molecule has 0 radical (unpaired) electrons. The van der Waals surface area contributed by atoms with Crippen LogP contribution in [0.1, 0.15) is 43.4 Å². The molecule has 1 aliphatic rings. The summed E-state index contributed by atoms with van der Waals surface area (Å²) in [5.41, 5.74) is 1.21. The fraction of sp³-hybridized carbons (Fsp3) is 0.571. The maximum Gasteiger partial charge on any atom is 0.171 e. The molecule has 1 saturated heterocycles. The first kappa shape index (κ1) is 12.9. The molecule has 102 valence electrons. The van der Waals surface area contributed by atoms with Crippen molar-refractivity contribution in [2.75, 3.05) is 6.54 Å². The predicted molar refractivity (Wildman–Crippen MR) is 75.9 cm³/mol. The van der Waals surface area contributed by atoms with Gasteiger partial charge in [-0.3, -0.25) is 4.90 Å². The number of thiazole rings is 1. The fourth-order valence-electron chi connectivity index (χ4n) is 2.94. The van der Waals surface area contributed by atoms with Crippen molar-refractivity contribution < 1.29 is 4.39 Å². The lowest BCUT2D eigenvalue weighted by Gasteiger charge is -2.28. The van der Waals surface area contributed by atoms with Gasteiger partial charge in [0.15, 0.2) is 5.65 Å². The largest absolute Gasteiger partial charge is 0.292 e. The van der Waals surface area contributed by atoms with Gasteiger partial charge in [0.1, 0.15) is 5.82 Å². The van der Waals surface area contributed by atoms with Crippen molar-refractivity contribution >= 4 is 21.7 Å². The van der Waals surface area contributed by atoms with E-state index in [9.17, 15) is 4.39 Å². The van der Waals surface area contributed by atoms with Crippen LogP contribution in [0, 0.1) is 12.7 Å². The van der Waals surface area contributed by atoms with Gasteiger partial charge in [0, 0.05) is 6.04 Å². The quantitative estimate of drug-likeness (QED) is 0.839. The smallest absolute Gasteiger partial charge is 0.171 e. The first-order chi connectivity index (χ1) is 9.06. The Hall–Kier alpha value is -1.07. The minimum Gasteiger partial charge on any atom is -0.292 e. The molecule has 2 aromatic rings. The van der Waals surface area contributed by atoms with E-state index in [1.54, 1.807) is 6.07 Å². The first-order valence-corrected chi connectivity index (χ1v) is 7.57. The van der Waals surface area contributed by atoms with E-state index in [-0.39, 0.29) is 11.9 Å². The minimum absolute atomic E-state index is 0.0175. The highest BCUT2D eigenvalue weighted by Gasteiger charge is 2.28. The van der Waals surface area contributed by atoms with Crippen molar-refractivity contribution in [1.29, 1.82) is 0 Å². The van der Waals surface area contributed by atoms with Crippen molar-refractivity contribution in [3.05, 3.63) is 22.6 Å². The summed E-state index contributed by atoms with van der Waals surface area (Å²) < 4.78 is 15.1. The van der Waals surface area contributed by atoms with Crippen molar-refractivity contribution in [2.45, 2.75) is 45.7 Å². The lowest BCUT2D eigenvalue weighted by molar-refractivity contribution is 0.197. The number of hydrogen-bond acceptors (Lipinski definition) is 4. The van der Waals surface area contributed by atoms with Crippen LogP contribution in [0.5, 0.6) is 0 Å². The summed E-state index contributed by atoms with van der Waals surface area (Å²) in [7, 11) is 0. The van der Waals surface area contributed by atoms with Crippen LogP contribution in [0.4, 0.5) is 4.39 Å². The zero-order valence-electron chi connectivity index (χ0n) is 11.5. The Bertz CT molecular complexity index is 610. The Morgan fingerprint density at radius 3 is 2.95 bits per heavy atom. The van der Waals surface area contributed by atoms with Crippen LogP contribution in [0.3, 0.4) is 0 Å². The number of fused-ring (bicyclic) bond motifs is 1.